The first-order valence-corrected chi connectivity index (χ1v) is 15.9. The fourth-order valence-electron chi connectivity index (χ4n) is 5.46. The fraction of sp³-hybridized carbons (Fsp3) is 0.226. The summed E-state index contributed by atoms with van der Waals surface area (Å²) in [5.74, 6) is -1.61. The van der Waals surface area contributed by atoms with E-state index in [2.05, 4.69) is 21.2 Å². The summed E-state index contributed by atoms with van der Waals surface area (Å²) < 4.78 is 7.43. The SMILES string of the molecule is COc1ccc(NC(=O)Cn2c3c(sc2=O)C(c2ccc(N(C)C)cc2)C2C(=O)N(c4ccc(Br)cc4)C(=O)C2S3)cc1. The number of methoxy groups -OCH3 is 1. The molecule has 6 rings (SSSR count). The summed E-state index contributed by atoms with van der Waals surface area (Å²) in [6.45, 7) is -0.230. The highest BCUT2D eigenvalue weighted by Gasteiger charge is 2.56. The van der Waals surface area contributed by atoms with Crippen molar-refractivity contribution in [3.8, 4) is 5.75 Å². The Morgan fingerprint density at radius 2 is 1.63 bits per heavy atom. The van der Waals surface area contributed by atoms with E-state index in [4.69, 9.17) is 4.74 Å². The maximum absolute atomic E-state index is 14.0. The van der Waals surface area contributed by atoms with Crippen molar-refractivity contribution in [3.63, 3.8) is 0 Å². The van der Waals surface area contributed by atoms with Crippen molar-refractivity contribution >= 4 is 73.8 Å². The number of rotatable bonds is 7. The number of thioether (sulfide) groups is 1. The van der Waals surface area contributed by atoms with Gasteiger partial charge in [-0.15, -0.1) is 0 Å². The molecule has 0 radical (unpaired) electrons. The van der Waals surface area contributed by atoms with Crippen molar-refractivity contribution < 1.29 is 19.1 Å². The lowest BCUT2D eigenvalue weighted by Crippen LogP contribution is -2.33. The van der Waals surface area contributed by atoms with Crippen molar-refractivity contribution in [2.45, 2.75) is 22.7 Å². The smallest absolute Gasteiger partial charge is 0.308 e. The Hall–Kier alpha value is -3.87. The van der Waals surface area contributed by atoms with Crippen LogP contribution in [-0.2, 0) is 20.9 Å². The van der Waals surface area contributed by atoms with Gasteiger partial charge < -0.3 is 15.0 Å². The minimum absolute atomic E-state index is 0.230. The molecule has 3 unspecified atom stereocenters. The van der Waals surface area contributed by atoms with Crippen LogP contribution in [0.4, 0.5) is 17.1 Å². The minimum Gasteiger partial charge on any atom is -0.497 e. The van der Waals surface area contributed by atoms with E-state index in [9.17, 15) is 19.2 Å². The number of ether oxygens (including phenoxy) is 1. The van der Waals surface area contributed by atoms with E-state index in [1.165, 1.54) is 21.2 Å². The molecule has 1 aromatic heterocycles. The highest BCUT2D eigenvalue weighted by molar-refractivity contribution is 9.10. The van der Waals surface area contributed by atoms with Gasteiger partial charge in [-0.1, -0.05) is 51.2 Å². The van der Waals surface area contributed by atoms with Crippen molar-refractivity contribution in [1.82, 2.24) is 4.57 Å². The lowest BCUT2D eigenvalue weighted by molar-refractivity contribution is -0.122. The van der Waals surface area contributed by atoms with Gasteiger partial charge in [0.15, 0.2) is 0 Å². The number of fused-ring (bicyclic) bond motifs is 2. The predicted molar refractivity (Wildman–Crippen MR) is 173 cm³/mol. The third-order valence-electron chi connectivity index (χ3n) is 7.58. The van der Waals surface area contributed by atoms with Crippen LogP contribution < -0.4 is 24.7 Å². The molecule has 0 saturated carbocycles. The topological polar surface area (TPSA) is 101 Å². The molecule has 12 heteroatoms. The summed E-state index contributed by atoms with van der Waals surface area (Å²) in [5.41, 5.74) is 2.87. The molecule has 3 heterocycles. The first kappa shape index (κ1) is 29.2. The van der Waals surface area contributed by atoms with E-state index in [1.807, 2.05) is 43.3 Å². The summed E-state index contributed by atoms with van der Waals surface area (Å²) in [5, 5.41) is 2.61. The molecule has 2 aliphatic rings. The summed E-state index contributed by atoms with van der Waals surface area (Å²) in [6.07, 6.45) is 0. The molecule has 220 valence electrons. The van der Waals surface area contributed by atoms with Gasteiger partial charge >= 0.3 is 4.87 Å². The first-order chi connectivity index (χ1) is 20.7. The van der Waals surface area contributed by atoms with E-state index in [-0.39, 0.29) is 29.1 Å². The van der Waals surface area contributed by atoms with Gasteiger partial charge in [0.1, 0.15) is 17.5 Å². The number of anilines is 3. The van der Waals surface area contributed by atoms with Gasteiger partial charge in [-0.25, -0.2) is 4.90 Å². The molecule has 43 heavy (non-hydrogen) atoms. The molecule has 3 amide bonds. The standard InChI is InChI=1S/C31H27BrN4O5S2/c1-34(2)20-10-4-17(5-11-20)24-25-26(29(39)36(28(25)38)21-12-6-18(32)7-13-21)42-30-27(24)43-31(40)35(30)16-23(37)33-19-8-14-22(41-3)15-9-19/h4-15,24-26H,16H2,1-3H3,(H,33,37). The lowest BCUT2D eigenvalue weighted by atomic mass is 9.83. The van der Waals surface area contributed by atoms with Gasteiger partial charge in [0.05, 0.1) is 23.7 Å². The lowest BCUT2D eigenvalue weighted by Gasteiger charge is -2.31. The number of benzene rings is 3. The molecule has 0 bridgehead atoms. The largest absolute Gasteiger partial charge is 0.497 e. The van der Waals surface area contributed by atoms with Crippen LogP contribution in [0.2, 0.25) is 0 Å². The number of nitrogens with one attached hydrogen (secondary N) is 1. The van der Waals surface area contributed by atoms with Gasteiger partial charge in [0.25, 0.3) is 0 Å². The summed E-state index contributed by atoms with van der Waals surface area (Å²) in [7, 11) is 5.45. The Morgan fingerprint density at radius 1 is 0.953 bits per heavy atom. The highest BCUT2D eigenvalue weighted by atomic mass is 79.9. The van der Waals surface area contributed by atoms with E-state index < -0.39 is 17.1 Å². The average Bonchev–Trinajstić information content (AvgIpc) is 3.44. The third kappa shape index (κ3) is 5.39. The number of hydrogen-bond donors (Lipinski definition) is 1. The number of hydrogen-bond acceptors (Lipinski definition) is 8. The Balaban J connectivity index is 1.39. The van der Waals surface area contributed by atoms with Crippen LogP contribution in [0.3, 0.4) is 0 Å². The number of amides is 3. The summed E-state index contributed by atoms with van der Waals surface area (Å²) >= 11 is 5.63. The van der Waals surface area contributed by atoms with Gasteiger partial charge in [-0.3, -0.25) is 23.7 Å². The Labute approximate surface area is 264 Å². The second-order valence-corrected chi connectivity index (χ2v) is 13.5. The van der Waals surface area contributed by atoms with E-state index in [0.29, 0.717) is 27.0 Å². The molecular weight excluding hydrogens is 652 g/mol. The monoisotopic (exact) mass is 678 g/mol. The average molecular weight is 680 g/mol. The molecule has 2 aliphatic heterocycles. The normalized spacial score (nSPS) is 19.2. The number of nitrogens with zero attached hydrogens (tertiary/aromatic N) is 3. The minimum atomic E-state index is -0.757. The predicted octanol–water partition coefficient (Wildman–Crippen LogP) is 5.18. The van der Waals surface area contributed by atoms with Crippen molar-refractivity contribution in [3.05, 3.63) is 97.4 Å². The number of carbonyl (C=O) groups is 3. The molecule has 3 aromatic carbocycles. The quantitative estimate of drug-likeness (QED) is 0.269. The molecule has 1 fully saturated rings. The maximum atomic E-state index is 14.0. The molecule has 0 aliphatic carbocycles. The summed E-state index contributed by atoms with van der Waals surface area (Å²) in [4.78, 5) is 58.0. The molecular formula is C31H27BrN4O5S2. The number of thiazole rings is 1. The zero-order valence-electron chi connectivity index (χ0n) is 23.4. The number of carbonyl (C=O) groups excluding carboxylic acids is 3. The zero-order valence-corrected chi connectivity index (χ0v) is 26.7. The van der Waals surface area contributed by atoms with Crippen LogP contribution in [0.1, 0.15) is 16.4 Å². The third-order valence-corrected chi connectivity index (χ3v) is 10.7. The second kappa shape index (κ2) is 11.7. The first-order valence-electron chi connectivity index (χ1n) is 13.4. The molecule has 9 nitrogen and oxygen atoms in total. The van der Waals surface area contributed by atoms with Crippen molar-refractivity contribution in [2.24, 2.45) is 5.92 Å². The number of halogens is 1. The Kier molecular flexibility index (Phi) is 7.92. The molecule has 1 saturated heterocycles. The van der Waals surface area contributed by atoms with E-state index in [0.717, 1.165) is 27.1 Å². The molecule has 0 spiro atoms. The van der Waals surface area contributed by atoms with Crippen LogP contribution >= 0.6 is 39.0 Å². The zero-order chi connectivity index (χ0) is 30.4. The second-order valence-electron chi connectivity index (χ2n) is 10.4. The van der Waals surface area contributed by atoms with Gasteiger partial charge in [-0.2, -0.15) is 0 Å². The van der Waals surface area contributed by atoms with Gasteiger partial charge in [0, 0.05) is 40.7 Å². The van der Waals surface area contributed by atoms with Crippen molar-refractivity contribution in [2.75, 3.05) is 36.3 Å². The highest BCUT2D eigenvalue weighted by Crippen LogP contribution is 2.54. The van der Waals surface area contributed by atoms with Crippen molar-refractivity contribution in [1.29, 1.82) is 0 Å². The van der Waals surface area contributed by atoms with Crippen LogP contribution in [-0.4, -0.2) is 48.7 Å². The molecule has 1 N–H and O–H groups in total. The van der Waals surface area contributed by atoms with Crippen LogP contribution in [0.15, 0.2) is 87.1 Å². The van der Waals surface area contributed by atoms with E-state index >= 15 is 0 Å². The van der Waals surface area contributed by atoms with Gasteiger partial charge in [0.2, 0.25) is 17.7 Å². The van der Waals surface area contributed by atoms with E-state index in [1.54, 1.807) is 55.6 Å². The molecule has 3 atom stereocenters. The van der Waals surface area contributed by atoms with Crippen LogP contribution in [0.5, 0.6) is 5.75 Å². The van der Waals surface area contributed by atoms with Crippen LogP contribution in [0, 0.1) is 5.92 Å². The van der Waals surface area contributed by atoms with Gasteiger partial charge in [-0.05, 0) is 66.2 Å². The number of imide groups is 1. The van der Waals surface area contributed by atoms with Crippen LogP contribution in [0.25, 0.3) is 0 Å². The Morgan fingerprint density at radius 3 is 2.26 bits per heavy atom. The summed E-state index contributed by atoms with van der Waals surface area (Å²) in [6, 6.07) is 21.8. The number of aromatic nitrogens is 1. The molecule has 4 aromatic rings. The maximum Gasteiger partial charge on any atom is 0.308 e. The fourth-order valence-corrected chi connectivity index (χ4v) is 8.49. The Bertz CT molecular complexity index is 1770.